The normalized spacial score (nSPS) is 12.1. The van der Waals surface area contributed by atoms with Crippen LogP contribution in [0.25, 0.3) is 0 Å². The lowest BCUT2D eigenvalue weighted by molar-refractivity contribution is -0.155. The van der Waals surface area contributed by atoms with E-state index in [1.165, 1.54) is 205 Å². The van der Waals surface area contributed by atoms with Gasteiger partial charge in [0.2, 0.25) is 0 Å². The molecule has 0 aliphatic carbocycles. The van der Waals surface area contributed by atoms with E-state index in [-0.39, 0.29) is 24.3 Å². The van der Waals surface area contributed by atoms with E-state index in [9.17, 15) is 9.59 Å². The molecule has 0 aromatic carbocycles. The number of esters is 2. The summed E-state index contributed by atoms with van der Waals surface area (Å²) in [4.78, 5) is 25.9. The van der Waals surface area contributed by atoms with Crippen LogP contribution in [0.1, 0.15) is 278 Å². The number of unbranched alkanes of at least 4 members (excludes halogenated alkanes) is 34. The highest BCUT2D eigenvalue weighted by molar-refractivity contribution is 5.79. The molecular formula is C50H96O4. The Hall–Kier alpha value is -1.32. The number of ether oxygens (including phenoxy) is 2. The van der Waals surface area contributed by atoms with Gasteiger partial charge in [0.15, 0.2) is 0 Å². The van der Waals surface area contributed by atoms with Gasteiger partial charge in [-0.1, -0.05) is 245 Å². The molecule has 0 aromatic heterocycles. The van der Waals surface area contributed by atoms with Crippen LogP contribution in [0, 0.1) is 5.92 Å². The van der Waals surface area contributed by atoms with Crippen LogP contribution in [0.3, 0.4) is 0 Å². The average Bonchev–Trinajstić information content (AvgIpc) is 3.17. The molecule has 0 radical (unpaired) electrons. The van der Waals surface area contributed by atoms with Crippen molar-refractivity contribution in [1.29, 1.82) is 0 Å². The number of carbonyl (C=O) groups excluding carboxylic acids is 2. The van der Waals surface area contributed by atoms with Gasteiger partial charge < -0.3 is 9.47 Å². The molecule has 1 atom stereocenters. The highest BCUT2D eigenvalue weighted by Gasteiger charge is 2.24. The van der Waals surface area contributed by atoms with Crippen LogP contribution in [0.4, 0.5) is 0 Å². The van der Waals surface area contributed by atoms with Gasteiger partial charge in [-0.3, -0.25) is 9.59 Å². The van der Waals surface area contributed by atoms with Gasteiger partial charge in [-0.25, -0.2) is 0 Å². The number of hydrogen-bond acceptors (Lipinski definition) is 4. The third kappa shape index (κ3) is 41.8. The third-order valence-corrected chi connectivity index (χ3v) is 11.3. The van der Waals surface area contributed by atoms with Gasteiger partial charge in [-0.15, -0.1) is 0 Å². The van der Waals surface area contributed by atoms with Gasteiger partial charge in [-0.2, -0.15) is 0 Å². The summed E-state index contributed by atoms with van der Waals surface area (Å²) >= 11 is 0. The molecule has 0 rings (SSSR count). The lowest BCUT2D eigenvalue weighted by Gasteiger charge is -2.16. The van der Waals surface area contributed by atoms with E-state index in [2.05, 4.69) is 32.9 Å². The van der Waals surface area contributed by atoms with E-state index >= 15 is 0 Å². The van der Waals surface area contributed by atoms with E-state index in [1.54, 1.807) is 0 Å². The summed E-state index contributed by atoms with van der Waals surface area (Å²) < 4.78 is 11.4. The van der Waals surface area contributed by atoms with Crippen molar-refractivity contribution < 1.29 is 19.1 Å². The molecule has 0 saturated heterocycles. The second kappa shape index (κ2) is 46.1. The number of allylic oxidation sites excluding steroid dienone is 2. The van der Waals surface area contributed by atoms with Crippen molar-refractivity contribution >= 4 is 11.9 Å². The first-order valence-corrected chi connectivity index (χ1v) is 24.6. The van der Waals surface area contributed by atoms with Gasteiger partial charge in [0.25, 0.3) is 0 Å². The monoisotopic (exact) mass is 761 g/mol. The summed E-state index contributed by atoms with van der Waals surface area (Å²) in [6.45, 7) is 7.76. The van der Waals surface area contributed by atoms with E-state index in [0.717, 1.165) is 44.9 Å². The van der Waals surface area contributed by atoms with Crippen LogP contribution in [-0.4, -0.2) is 25.2 Å². The minimum atomic E-state index is -0.361. The molecule has 54 heavy (non-hydrogen) atoms. The Kier molecular flexibility index (Phi) is 44.9. The number of carbonyl (C=O) groups is 2. The quantitative estimate of drug-likeness (QED) is 0.0352. The summed E-state index contributed by atoms with van der Waals surface area (Å²) in [5, 5.41) is 0. The minimum absolute atomic E-state index is 0.171. The van der Waals surface area contributed by atoms with Crippen LogP contribution in [0.5, 0.6) is 0 Å². The van der Waals surface area contributed by atoms with Gasteiger partial charge >= 0.3 is 11.9 Å². The zero-order valence-electron chi connectivity index (χ0n) is 37.1. The molecule has 1 unspecified atom stereocenters. The van der Waals surface area contributed by atoms with Crippen LogP contribution < -0.4 is 0 Å². The summed E-state index contributed by atoms with van der Waals surface area (Å²) in [7, 11) is 0. The van der Waals surface area contributed by atoms with Crippen molar-refractivity contribution in [2.45, 2.75) is 278 Å². The van der Waals surface area contributed by atoms with Crippen LogP contribution in [0.2, 0.25) is 0 Å². The Bertz CT molecular complexity index is 777. The largest absolute Gasteiger partial charge is 0.466 e. The molecule has 0 saturated carbocycles. The molecule has 0 aliphatic heterocycles. The smallest absolute Gasteiger partial charge is 0.309 e. The van der Waals surface area contributed by atoms with Gasteiger partial charge in [0.1, 0.15) is 0 Å². The minimum Gasteiger partial charge on any atom is -0.466 e. The molecule has 320 valence electrons. The van der Waals surface area contributed by atoms with Gasteiger partial charge in [0, 0.05) is 0 Å². The van der Waals surface area contributed by atoms with Crippen molar-refractivity contribution in [1.82, 2.24) is 0 Å². The molecule has 0 amide bonds. The summed E-state index contributed by atoms with van der Waals surface area (Å²) in [6.07, 6.45) is 54.4. The van der Waals surface area contributed by atoms with Crippen molar-refractivity contribution in [2.24, 2.45) is 5.92 Å². The lowest BCUT2D eigenvalue weighted by Crippen LogP contribution is -2.23. The van der Waals surface area contributed by atoms with Gasteiger partial charge in [-0.05, 0) is 38.5 Å². The molecule has 0 aliphatic rings. The second-order valence-corrected chi connectivity index (χ2v) is 16.8. The standard InChI is InChI=1S/C50H96O4/c1-4-7-10-13-16-19-22-23-24-25-26-27-28-29-32-35-38-41-44-48(50(52)54-46-43-40-37-34-31-21-18-15-12-9-6-3)47-49(51)53-45-42-39-36-33-30-20-17-14-11-8-5-2/h13,16,48H,4-12,14-15,17-47H2,1-3H3/b16-13+. The van der Waals surface area contributed by atoms with Crippen molar-refractivity contribution in [3.8, 4) is 0 Å². The second-order valence-electron chi connectivity index (χ2n) is 16.8. The van der Waals surface area contributed by atoms with Gasteiger partial charge in [0.05, 0.1) is 25.6 Å². The first-order chi connectivity index (χ1) is 26.7. The molecule has 4 heteroatoms. The first-order valence-electron chi connectivity index (χ1n) is 24.6. The van der Waals surface area contributed by atoms with E-state index in [4.69, 9.17) is 9.47 Å². The Labute approximate surface area is 338 Å². The fraction of sp³-hybridized carbons (Fsp3) is 0.920. The summed E-state index contributed by atoms with van der Waals surface area (Å²) in [5.41, 5.74) is 0. The molecule has 0 aromatic rings. The Morgan fingerprint density at radius 3 is 1.09 bits per heavy atom. The average molecular weight is 761 g/mol. The van der Waals surface area contributed by atoms with E-state index < -0.39 is 0 Å². The van der Waals surface area contributed by atoms with Crippen LogP contribution in [-0.2, 0) is 19.1 Å². The molecule has 0 heterocycles. The topological polar surface area (TPSA) is 52.6 Å². The van der Waals surface area contributed by atoms with Crippen LogP contribution >= 0.6 is 0 Å². The highest BCUT2D eigenvalue weighted by atomic mass is 16.5. The highest BCUT2D eigenvalue weighted by Crippen LogP contribution is 2.20. The maximum atomic E-state index is 13.1. The molecule has 4 nitrogen and oxygen atoms in total. The summed E-state index contributed by atoms with van der Waals surface area (Å²) in [5.74, 6) is -0.769. The van der Waals surface area contributed by atoms with Crippen LogP contribution in [0.15, 0.2) is 12.2 Å². The SMILES string of the molecule is CCCC/C=C/CCCCCCCCCCCCCCC(CC(=O)OCCCCCCCCCCCCC)C(=O)OCCCCCCCCCCCCC. The lowest BCUT2D eigenvalue weighted by atomic mass is 9.97. The van der Waals surface area contributed by atoms with E-state index in [0.29, 0.717) is 13.2 Å². The van der Waals surface area contributed by atoms with Crippen molar-refractivity contribution in [2.75, 3.05) is 13.2 Å². The number of rotatable bonds is 45. The molecular weight excluding hydrogens is 665 g/mol. The third-order valence-electron chi connectivity index (χ3n) is 11.3. The Morgan fingerprint density at radius 1 is 0.370 bits per heavy atom. The Morgan fingerprint density at radius 2 is 0.685 bits per heavy atom. The fourth-order valence-corrected chi connectivity index (χ4v) is 7.55. The maximum absolute atomic E-state index is 13.1. The molecule has 0 fully saturated rings. The van der Waals surface area contributed by atoms with Crippen molar-refractivity contribution in [3.05, 3.63) is 12.2 Å². The molecule has 0 spiro atoms. The number of hydrogen-bond donors (Lipinski definition) is 0. The predicted molar refractivity (Wildman–Crippen MR) is 236 cm³/mol. The maximum Gasteiger partial charge on any atom is 0.309 e. The molecule has 0 bridgehead atoms. The Balaban J connectivity index is 4.19. The van der Waals surface area contributed by atoms with E-state index in [1.807, 2.05) is 0 Å². The molecule has 0 N–H and O–H groups in total. The zero-order chi connectivity index (χ0) is 39.3. The first kappa shape index (κ1) is 52.7. The van der Waals surface area contributed by atoms with Crippen molar-refractivity contribution in [3.63, 3.8) is 0 Å². The summed E-state index contributed by atoms with van der Waals surface area (Å²) in [6, 6.07) is 0. The fourth-order valence-electron chi connectivity index (χ4n) is 7.55. The zero-order valence-corrected chi connectivity index (χ0v) is 37.1. The predicted octanol–water partition coefficient (Wildman–Crippen LogP) is 16.9.